The van der Waals surface area contributed by atoms with Crippen molar-refractivity contribution in [3.05, 3.63) is 64.6 Å². The number of amides is 2. The molecule has 0 bridgehead atoms. The van der Waals surface area contributed by atoms with Gasteiger partial charge in [0.2, 0.25) is 5.91 Å². The van der Waals surface area contributed by atoms with Gasteiger partial charge in [-0.3, -0.25) is 14.4 Å². The van der Waals surface area contributed by atoms with Crippen LogP contribution in [-0.2, 0) is 20.9 Å². The van der Waals surface area contributed by atoms with Gasteiger partial charge in [-0.15, -0.1) is 0 Å². The van der Waals surface area contributed by atoms with Crippen molar-refractivity contribution in [2.75, 3.05) is 10.6 Å². The van der Waals surface area contributed by atoms with Crippen LogP contribution >= 0.6 is 0 Å². The Morgan fingerprint density at radius 2 is 1.59 bits per heavy atom. The number of carbonyl (C=O) groups is 3. The normalized spacial score (nSPS) is 11.6. The summed E-state index contributed by atoms with van der Waals surface area (Å²) >= 11 is 0. The summed E-state index contributed by atoms with van der Waals surface area (Å²) in [5.41, 5.74) is 0.801. The third-order valence-corrected chi connectivity index (χ3v) is 5.16. The van der Waals surface area contributed by atoms with Crippen molar-refractivity contribution >= 4 is 39.9 Å². The molecule has 0 spiro atoms. The minimum atomic E-state index is -1.11. The number of fused-ring (bicyclic) bond motifs is 1. The highest BCUT2D eigenvalue weighted by molar-refractivity contribution is 6.03. The zero-order valence-corrected chi connectivity index (χ0v) is 19.5. The van der Waals surface area contributed by atoms with Crippen LogP contribution in [0.3, 0.4) is 0 Å². The second kappa shape index (κ2) is 11.2. The van der Waals surface area contributed by atoms with Crippen molar-refractivity contribution in [1.29, 1.82) is 0 Å². The molecule has 0 aliphatic rings. The number of aromatic nitrogens is 2. The largest absolute Gasteiger partial charge is 0.448 e. The topological polar surface area (TPSA) is 119 Å². The van der Waals surface area contributed by atoms with Gasteiger partial charge in [0.25, 0.3) is 11.5 Å². The van der Waals surface area contributed by atoms with Crippen LogP contribution in [0.4, 0.5) is 11.4 Å². The first-order chi connectivity index (χ1) is 16.3. The Labute approximate surface area is 197 Å². The Kier molecular flexibility index (Phi) is 8.13. The minimum Gasteiger partial charge on any atom is -0.448 e. The van der Waals surface area contributed by atoms with Crippen LogP contribution in [0.5, 0.6) is 0 Å². The SMILES string of the molecule is CCCCCn1nc(C(=O)O[C@H](C)C(=O)Nc2ccc(NC(C)=O)cc2)c2ccccc2c1=O. The summed E-state index contributed by atoms with van der Waals surface area (Å²) in [5.74, 6) is -1.51. The third kappa shape index (κ3) is 6.06. The van der Waals surface area contributed by atoms with E-state index in [1.54, 1.807) is 48.5 Å². The van der Waals surface area contributed by atoms with Gasteiger partial charge in [-0.05, 0) is 43.7 Å². The van der Waals surface area contributed by atoms with Gasteiger partial charge in [0.1, 0.15) is 0 Å². The number of hydrogen-bond donors (Lipinski definition) is 2. The lowest BCUT2D eigenvalue weighted by Gasteiger charge is -2.15. The molecule has 0 fully saturated rings. The number of nitrogens with one attached hydrogen (secondary N) is 2. The van der Waals surface area contributed by atoms with Crippen LogP contribution in [0.15, 0.2) is 53.3 Å². The van der Waals surface area contributed by atoms with Gasteiger partial charge in [-0.2, -0.15) is 5.10 Å². The first kappa shape index (κ1) is 24.6. The molecule has 1 atom stereocenters. The van der Waals surface area contributed by atoms with E-state index in [2.05, 4.69) is 22.7 Å². The zero-order chi connectivity index (χ0) is 24.7. The maximum absolute atomic E-state index is 12.9. The molecule has 3 rings (SSSR count). The molecule has 2 N–H and O–H groups in total. The minimum absolute atomic E-state index is 0.00833. The summed E-state index contributed by atoms with van der Waals surface area (Å²) in [6.07, 6.45) is 1.57. The number of aryl methyl sites for hydroxylation is 1. The van der Waals surface area contributed by atoms with Crippen LogP contribution in [0.1, 0.15) is 50.5 Å². The van der Waals surface area contributed by atoms with Crippen molar-refractivity contribution in [2.45, 2.75) is 52.7 Å². The highest BCUT2D eigenvalue weighted by Gasteiger charge is 2.23. The van der Waals surface area contributed by atoms with Gasteiger partial charge in [0.05, 0.1) is 5.39 Å². The summed E-state index contributed by atoms with van der Waals surface area (Å²) < 4.78 is 6.68. The van der Waals surface area contributed by atoms with E-state index >= 15 is 0 Å². The summed E-state index contributed by atoms with van der Waals surface area (Å²) in [6.45, 7) is 5.31. The van der Waals surface area contributed by atoms with E-state index in [0.717, 1.165) is 19.3 Å². The van der Waals surface area contributed by atoms with Gasteiger partial charge >= 0.3 is 5.97 Å². The number of unbranched alkanes of at least 4 members (excludes halogenated alkanes) is 2. The number of ether oxygens (including phenoxy) is 1. The van der Waals surface area contributed by atoms with E-state index < -0.39 is 18.0 Å². The zero-order valence-electron chi connectivity index (χ0n) is 19.5. The van der Waals surface area contributed by atoms with Gasteiger partial charge in [0, 0.05) is 30.2 Å². The van der Waals surface area contributed by atoms with Crippen molar-refractivity contribution in [3.63, 3.8) is 0 Å². The average Bonchev–Trinajstić information content (AvgIpc) is 2.81. The Bertz CT molecular complexity index is 1250. The van der Waals surface area contributed by atoms with E-state index in [-0.39, 0.29) is 17.2 Å². The first-order valence-corrected chi connectivity index (χ1v) is 11.2. The molecule has 3 aromatic rings. The van der Waals surface area contributed by atoms with Crippen LogP contribution < -0.4 is 16.2 Å². The molecule has 0 saturated heterocycles. The fraction of sp³-hybridized carbons (Fsp3) is 0.320. The lowest BCUT2D eigenvalue weighted by atomic mass is 10.1. The molecule has 0 aliphatic carbocycles. The van der Waals surface area contributed by atoms with Crippen molar-refractivity contribution in [3.8, 4) is 0 Å². The monoisotopic (exact) mass is 464 g/mol. The van der Waals surface area contributed by atoms with Crippen LogP contribution in [0.25, 0.3) is 10.8 Å². The molecule has 0 saturated carbocycles. The molecular formula is C25H28N4O5. The predicted octanol–water partition coefficient (Wildman–Crippen LogP) is 3.73. The maximum Gasteiger partial charge on any atom is 0.360 e. The number of hydrogen-bond acceptors (Lipinski definition) is 6. The molecule has 178 valence electrons. The average molecular weight is 465 g/mol. The van der Waals surface area contributed by atoms with E-state index in [9.17, 15) is 19.2 Å². The van der Waals surface area contributed by atoms with Gasteiger partial charge in [-0.25, -0.2) is 9.48 Å². The lowest BCUT2D eigenvalue weighted by molar-refractivity contribution is -0.123. The second-order valence-corrected chi connectivity index (χ2v) is 7.92. The molecule has 0 aliphatic heterocycles. The lowest BCUT2D eigenvalue weighted by Crippen LogP contribution is -2.32. The molecule has 0 radical (unpaired) electrons. The van der Waals surface area contributed by atoms with Crippen LogP contribution in [0.2, 0.25) is 0 Å². The summed E-state index contributed by atoms with van der Waals surface area (Å²) in [6, 6.07) is 13.3. The van der Waals surface area contributed by atoms with Gasteiger partial charge in [0.15, 0.2) is 11.8 Å². The smallest absolute Gasteiger partial charge is 0.360 e. The molecule has 2 aromatic carbocycles. The van der Waals surface area contributed by atoms with Crippen LogP contribution in [-0.4, -0.2) is 33.7 Å². The first-order valence-electron chi connectivity index (χ1n) is 11.2. The number of carbonyl (C=O) groups excluding carboxylic acids is 3. The molecule has 9 heteroatoms. The maximum atomic E-state index is 12.9. The van der Waals surface area contributed by atoms with E-state index in [4.69, 9.17) is 4.74 Å². The fourth-order valence-electron chi connectivity index (χ4n) is 3.40. The summed E-state index contributed by atoms with van der Waals surface area (Å²) in [7, 11) is 0. The summed E-state index contributed by atoms with van der Waals surface area (Å²) in [4.78, 5) is 49.4. The van der Waals surface area contributed by atoms with Crippen molar-refractivity contribution in [2.24, 2.45) is 0 Å². The van der Waals surface area contributed by atoms with Gasteiger partial charge < -0.3 is 15.4 Å². The fourth-order valence-corrected chi connectivity index (χ4v) is 3.40. The van der Waals surface area contributed by atoms with E-state index in [1.807, 2.05) is 0 Å². The summed E-state index contributed by atoms with van der Waals surface area (Å²) in [5, 5.41) is 10.3. The Hall–Kier alpha value is -4.01. The highest BCUT2D eigenvalue weighted by Crippen LogP contribution is 2.17. The van der Waals surface area contributed by atoms with Crippen LogP contribution in [0, 0.1) is 0 Å². The Balaban J connectivity index is 1.75. The number of nitrogens with zero attached hydrogens (tertiary/aromatic N) is 2. The van der Waals surface area contributed by atoms with Crippen molar-refractivity contribution < 1.29 is 19.1 Å². The highest BCUT2D eigenvalue weighted by atomic mass is 16.5. The predicted molar refractivity (Wildman–Crippen MR) is 130 cm³/mol. The second-order valence-electron chi connectivity index (χ2n) is 7.92. The molecule has 9 nitrogen and oxygen atoms in total. The Morgan fingerprint density at radius 1 is 0.971 bits per heavy atom. The molecule has 0 unspecified atom stereocenters. The quantitative estimate of drug-likeness (QED) is 0.368. The molecule has 2 amide bonds. The molecular weight excluding hydrogens is 436 g/mol. The van der Waals surface area contributed by atoms with E-state index in [1.165, 1.54) is 18.5 Å². The van der Waals surface area contributed by atoms with Crippen molar-refractivity contribution in [1.82, 2.24) is 9.78 Å². The number of esters is 1. The van der Waals surface area contributed by atoms with Gasteiger partial charge in [-0.1, -0.05) is 38.0 Å². The molecule has 1 heterocycles. The van der Waals surface area contributed by atoms with E-state index in [0.29, 0.717) is 28.7 Å². The number of anilines is 2. The Morgan fingerprint density at radius 3 is 2.21 bits per heavy atom. The number of rotatable bonds is 9. The third-order valence-electron chi connectivity index (χ3n) is 5.16. The number of benzene rings is 2. The molecule has 1 aromatic heterocycles. The standard InChI is InChI=1S/C25H28N4O5/c1-4-5-8-15-29-24(32)21-10-7-6-9-20(21)22(28-29)25(33)34-16(2)23(31)27-19-13-11-18(12-14-19)26-17(3)30/h6-7,9-14,16H,4-5,8,15H2,1-3H3,(H,26,30)(H,27,31)/t16-/m1/s1. The molecule has 34 heavy (non-hydrogen) atoms.